The van der Waals surface area contributed by atoms with Gasteiger partial charge < -0.3 is 38.0 Å². The maximum atomic E-state index is 12.1. The quantitative estimate of drug-likeness (QED) is 0.0531. The van der Waals surface area contributed by atoms with Crippen molar-refractivity contribution in [1.29, 1.82) is 0 Å². The van der Waals surface area contributed by atoms with E-state index < -0.39 is 53.3 Å². The second-order valence-electron chi connectivity index (χ2n) is 18.7. The van der Waals surface area contributed by atoms with Crippen LogP contribution in [0.5, 0.6) is 0 Å². The number of rotatable bonds is 24. The highest BCUT2D eigenvalue weighted by molar-refractivity contribution is 6.74. The van der Waals surface area contributed by atoms with Crippen molar-refractivity contribution in [1.82, 2.24) is 0 Å². The molecule has 8 nitrogen and oxygen atoms in total. The van der Waals surface area contributed by atoms with Gasteiger partial charge in [0.1, 0.15) is 36.6 Å². The summed E-state index contributed by atoms with van der Waals surface area (Å²) in [5.74, 6) is 0. The van der Waals surface area contributed by atoms with E-state index in [0.717, 1.165) is 22.3 Å². The maximum Gasteiger partial charge on any atom is 0.192 e. The molecule has 4 aromatic carbocycles. The lowest BCUT2D eigenvalue weighted by Gasteiger charge is -2.39. The Morgan fingerprint density at radius 1 is 0.433 bits per heavy atom. The summed E-state index contributed by atoms with van der Waals surface area (Å²) in [6.07, 6.45) is -2.19. The molecule has 6 atom stereocenters. The van der Waals surface area contributed by atoms with Crippen LogP contribution in [0.2, 0.25) is 36.3 Å². The molecular weight excluding hydrogens is 785 g/mol. The predicted octanol–water partition coefficient (Wildman–Crippen LogP) is 10.6. The molecule has 0 aliphatic rings. The van der Waals surface area contributed by atoms with Gasteiger partial charge in [-0.25, -0.2) is 0 Å². The van der Waals surface area contributed by atoms with Gasteiger partial charge in [0.05, 0.1) is 39.6 Å². The van der Waals surface area contributed by atoms with Crippen molar-refractivity contribution in [3.05, 3.63) is 156 Å². The Bertz CT molecular complexity index is 1660. The van der Waals surface area contributed by atoms with Gasteiger partial charge in [0, 0.05) is 0 Å². The molecule has 60 heavy (non-hydrogen) atoms. The fourth-order valence-corrected chi connectivity index (χ4v) is 7.90. The summed E-state index contributed by atoms with van der Waals surface area (Å²) in [6, 6.07) is 39.7. The second-order valence-corrected chi connectivity index (χ2v) is 28.3. The van der Waals surface area contributed by atoms with Crippen LogP contribution in [0.1, 0.15) is 63.8 Å². The lowest BCUT2D eigenvalue weighted by atomic mass is 10.0. The molecule has 0 aliphatic carbocycles. The Hall–Kier alpha value is -3.27. The Balaban J connectivity index is 1.68. The van der Waals surface area contributed by atoms with Crippen LogP contribution in [0.15, 0.2) is 133 Å². The topological polar surface area (TPSA) is 95.8 Å². The van der Waals surface area contributed by atoms with E-state index in [0.29, 0.717) is 13.2 Å². The van der Waals surface area contributed by atoms with Gasteiger partial charge in [-0.3, -0.25) is 0 Å². The molecular formula is C50H72O8Si2. The molecule has 0 heterocycles. The van der Waals surface area contributed by atoms with Crippen LogP contribution in [0.3, 0.4) is 0 Å². The molecule has 0 unspecified atom stereocenters. The molecule has 0 saturated heterocycles. The van der Waals surface area contributed by atoms with Crippen LogP contribution in [-0.2, 0) is 54.2 Å². The molecule has 0 aliphatic heterocycles. The fourth-order valence-electron chi connectivity index (χ4n) is 5.88. The van der Waals surface area contributed by atoms with Crippen molar-refractivity contribution in [2.24, 2.45) is 0 Å². The first-order chi connectivity index (χ1) is 28.4. The number of hydrogen-bond donors (Lipinski definition) is 2. The van der Waals surface area contributed by atoms with Crippen molar-refractivity contribution in [2.45, 2.75) is 141 Å². The molecule has 328 valence electrons. The van der Waals surface area contributed by atoms with Gasteiger partial charge in [-0.2, -0.15) is 0 Å². The van der Waals surface area contributed by atoms with Crippen molar-refractivity contribution >= 4 is 16.6 Å². The van der Waals surface area contributed by atoms with Gasteiger partial charge in [-0.15, -0.1) is 0 Å². The molecule has 0 saturated carbocycles. The van der Waals surface area contributed by atoms with E-state index in [4.69, 9.17) is 27.8 Å². The SMILES string of the molecule is CC(C)(C)[Si](C)(C)OC[C@H](OCc1ccccc1)[C@@H](OCc1ccccc1)[C@H](O)/C=C/[C@@H](O)[C@H](OCc1ccccc1)[C@H](CO[Si](C)(C)C(C)(C)C)OCc1ccccc1. The summed E-state index contributed by atoms with van der Waals surface area (Å²) in [6.45, 7) is 23.6. The molecule has 4 aromatic rings. The molecule has 0 fully saturated rings. The lowest BCUT2D eigenvalue weighted by molar-refractivity contribution is -0.136. The average Bonchev–Trinajstić information content (AvgIpc) is 3.22. The van der Waals surface area contributed by atoms with Crippen LogP contribution in [0.4, 0.5) is 0 Å². The van der Waals surface area contributed by atoms with Crippen molar-refractivity contribution in [2.75, 3.05) is 13.2 Å². The first-order valence-corrected chi connectivity index (χ1v) is 27.1. The van der Waals surface area contributed by atoms with E-state index in [1.807, 2.05) is 121 Å². The normalized spacial score (nSPS) is 16.0. The average molecular weight is 857 g/mol. The third-order valence-electron chi connectivity index (χ3n) is 11.9. The Kier molecular flexibility index (Phi) is 19.1. The van der Waals surface area contributed by atoms with Gasteiger partial charge in [0.25, 0.3) is 0 Å². The first kappa shape index (κ1) is 49.4. The van der Waals surface area contributed by atoms with Gasteiger partial charge in [0.15, 0.2) is 16.6 Å². The van der Waals surface area contributed by atoms with Crippen LogP contribution in [0, 0.1) is 0 Å². The van der Waals surface area contributed by atoms with Gasteiger partial charge in [0.2, 0.25) is 0 Å². The molecule has 4 rings (SSSR count). The molecule has 2 N–H and O–H groups in total. The second kappa shape index (κ2) is 23.3. The number of aliphatic hydroxyl groups is 2. The highest BCUT2D eigenvalue weighted by Crippen LogP contribution is 2.38. The smallest absolute Gasteiger partial charge is 0.192 e. The highest BCUT2D eigenvalue weighted by Gasteiger charge is 2.41. The van der Waals surface area contributed by atoms with Gasteiger partial charge >= 0.3 is 0 Å². The van der Waals surface area contributed by atoms with Crippen LogP contribution in [-0.4, -0.2) is 76.7 Å². The third-order valence-corrected chi connectivity index (χ3v) is 20.9. The summed E-state index contributed by atoms with van der Waals surface area (Å²) in [7, 11) is -4.45. The number of aliphatic hydroxyl groups excluding tert-OH is 2. The minimum atomic E-state index is -2.23. The highest BCUT2D eigenvalue weighted by atomic mass is 28.4. The maximum absolute atomic E-state index is 12.1. The van der Waals surface area contributed by atoms with E-state index in [1.54, 1.807) is 12.2 Å². The Morgan fingerprint density at radius 3 is 0.933 bits per heavy atom. The standard InChI is InChI=1S/C50H72O8Si2/c1-49(2,3)59(7,8)57-37-45(53-33-39-23-15-11-16-24-39)47(55-35-41-27-19-13-20-28-41)43(51)31-32-44(52)48(56-36-42-29-21-14-22-30-42)46(38-58-60(9,10)50(4,5)6)54-34-40-25-17-12-18-26-40/h11-32,43-48,51-52H,33-38H2,1-10H3/b32-31+/t43-,44-,45+,46+,47+,48+/m1/s1. The lowest BCUT2D eigenvalue weighted by Crippen LogP contribution is -2.49. The number of hydrogen-bond acceptors (Lipinski definition) is 8. The van der Waals surface area contributed by atoms with E-state index in [2.05, 4.69) is 67.7 Å². The Morgan fingerprint density at radius 2 is 0.683 bits per heavy atom. The zero-order chi connectivity index (χ0) is 43.8. The Labute approximate surface area is 363 Å². The van der Waals surface area contributed by atoms with E-state index >= 15 is 0 Å². The molecule has 0 aromatic heterocycles. The number of ether oxygens (including phenoxy) is 4. The summed E-state index contributed by atoms with van der Waals surface area (Å²) in [4.78, 5) is 0. The fraction of sp³-hybridized carbons (Fsp3) is 0.480. The first-order valence-electron chi connectivity index (χ1n) is 21.3. The van der Waals surface area contributed by atoms with Crippen LogP contribution >= 0.6 is 0 Å². The summed E-state index contributed by atoms with van der Waals surface area (Å²) < 4.78 is 39.9. The molecule has 0 amide bonds. The summed E-state index contributed by atoms with van der Waals surface area (Å²) >= 11 is 0. The zero-order valence-corrected chi connectivity index (χ0v) is 39.8. The minimum absolute atomic E-state index is 0.0395. The van der Waals surface area contributed by atoms with Crippen LogP contribution in [0.25, 0.3) is 0 Å². The largest absolute Gasteiger partial charge is 0.414 e. The van der Waals surface area contributed by atoms with E-state index in [1.165, 1.54) is 0 Å². The number of benzene rings is 4. The van der Waals surface area contributed by atoms with Crippen LogP contribution < -0.4 is 0 Å². The van der Waals surface area contributed by atoms with E-state index in [-0.39, 0.29) is 36.5 Å². The van der Waals surface area contributed by atoms with Crippen molar-refractivity contribution in [3.8, 4) is 0 Å². The monoisotopic (exact) mass is 856 g/mol. The van der Waals surface area contributed by atoms with E-state index in [9.17, 15) is 10.2 Å². The summed E-state index contributed by atoms with van der Waals surface area (Å²) in [5.41, 5.74) is 3.91. The summed E-state index contributed by atoms with van der Waals surface area (Å²) in [5, 5.41) is 24.2. The molecule has 0 spiro atoms. The molecule has 0 bridgehead atoms. The molecule has 0 radical (unpaired) electrons. The van der Waals surface area contributed by atoms with Crippen molar-refractivity contribution in [3.63, 3.8) is 0 Å². The van der Waals surface area contributed by atoms with Crippen molar-refractivity contribution < 1.29 is 38.0 Å². The third kappa shape index (κ3) is 15.9. The zero-order valence-electron chi connectivity index (χ0n) is 37.8. The minimum Gasteiger partial charge on any atom is -0.414 e. The predicted molar refractivity (Wildman–Crippen MR) is 248 cm³/mol. The van der Waals surface area contributed by atoms with Gasteiger partial charge in [-0.05, 0) is 58.5 Å². The van der Waals surface area contributed by atoms with Gasteiger partial charge in [-0.1, -0.05) is 175 Å². The molecule has 10 heteroatoms.